The third-order valence-corrected chi connectivity index (χ3v) is 3.46. The molecule has 110 valence electrons. The van der Waals surface area contributed by atoms with E-state index in [9.17, 15) is 10.0 Å². The van der Waals surface area contributed by atoms with Gasteiger partial charge in [-0.2, -0.15) is 9.83 Å². The first-order valence-corrected chi connectivity index (χ1v) is 6.84. The number of carbonyl (C=O) groups excluding carboxylic acids is 1. The number of rotatable bonds is 3. The molecule has 1 fully saturated rings. The van der Waals surface area contributed by atoms with Crippen LogP contribution in [0.4, 0.5) is 5.69 Å². The van der Waals surface area contributed by atoms with E-state index in [4.69, 9.17) is 4.74 Å². The molecule has 0 aliphatic carbocycles. The lowest BCUT2D eigenvalue weighted by atomic mass is 10.1. The van der Waals surface area contributed by atoms with E-state index in [1.807, 2.05) is 10.9 Å². The summed E-state index contributed by atoms with van der Waals surface area (Å²) in [6, 6.07) is 3.44. The molecule has 0 saturated carbocycles. The molecule has 1 amide bonds. The van der Waals surface area contributed by atoms with Crippen molar-refractivity contribution in [2.24, 2.45) is 0 Å². The second kappa shape index (κ2) is 5.92. The van der Waals surface area contributed by atoms with Crippen LogP contribution in [-0.4, -0.2) is 28.9 Å². The molecule has 1 aliphatic heterocycles. The van der Waals surface area contributed by atoms with Gasteiger partial charge in [0.25, 0.3) is 5.91 Å². The number of amides is 1. The van der Waals surface area contributed by atoms with Crippen LogP contribution in [0.15, 0.2) is 36.9 Å². The Hall–Kier alpha value is -2.41. The summed E-state index contributed by atoms with van der Waals surface area (Å²) in [5.74, 6) is -0.327. The highest BCUT2D eigenvalue weighted by molar-refractivity contribution is 6.03. The second-order valence-electron chi connectivity index (χ2n) is 4.96. The highest BCUT2D eigenvalue weighted by atomic mass is 16.5. The van der Waals surface area contributed by atoms with E-state index in [1.165, 1.54) is 18.5 Å². The normalized spacial score (nSPS) is 15.8. The highest BCUT2D eigenvalue weighted by Crippen LogP contribution is 2.21. The molecule has 7 heteroatoms. The van der Waals surface area contributed by atoms with Crippen LogP contribution in [0.5, 0.6) is 0 Å². The van der Waals surface area contributed by atoms with E-state index in [1.54, 1.807) is 12.3 Å². The van der Waals surface area contributed by atoms with Crippen molar-refractivity contribution in [2.45, 2.75) is 18.9 Å². The van der Waals surface area contributed by atoms with Crippen molar-refractivity contribution in [3.05, 3.63) is 47.7 Å². The van der Waals surface area contributed by atoms with E-state index in [0.717, 1.165) is 26.1 Å². The molecule has 0 spiro atoms. The molecule has 0 bridgehead atoms. The molecule has 7 nitrogen and oxygen atoms in total. The van der Waals surface area contributed by atoms with Crippen LogP contribution in [0.3, 0.4) is 0 Å². The minimum Gasteiger partial charge on any atom is -0.619 e. The topological polar surface area (TPSA) is 83.1 Å². The summed E-state index contributed by atoms with van der Waals surface area (Å²) in [4.78, 5) is 12.0. The van der Waals surface area contributed by atoms with Gasteiger partial charge in [0.1, 0.15) is 5.56 Å². The van der Waals surface area contributed by atoms with E-state index < -0.39 is 0 Å². The maximum absolute atomic E-state index is 12.0. The maximum atomic E-state index is 12.0. The van der Waals surface area contributed by atoms with Gasteiger partial charge in [0, 0.05) is 25.5 Å². The zero-order chi connectivity index (χ0) is 14.7. The third-order valence-electron chi connectivity index (χ3n) is 3.46. The Labute approximate surface area is 121 Å². The zero-order valence-corrected chi connectivity index (χ0v) is 11.4. The van der Waals surface area contributed by atoms with E-state index >= 15 is 0 Å². The van der Waals surface area contributed by atoms with Crippen molar-refractivity contribution in [2.75, 3.05) is 18.5 Å². The fourth-order valence-corrected chi connectivity index (χ4v) is 2.34. The lowest BCUT2D eigenvalue weighted by molar-refractivity contribution is -0.605. The molecule has 0 atom stereocenters. The first-order valence-electron chi connectivity index (χ1n) is 6.84. The van der Waals surface area contributed by atoms with Gasteiger partial charge in [-0.3, -0.25) is 9.48 Å². The van der Waals surface area contributed by atoms with Gasteiger partial charge in [-0.1, -0.05) is 0 Å². The summed E-state index contributed by atoms with van der Waals surface area (Å²) >= 11 is 0. The van der Waals surface area contributed by atoms with Gasteiger partial charge in [-0.15, -0.1) is 0 Å². The third kappa shape index (κ3) is 3.19. The molecule has 1 aliphatic rings. The van der Waals surface area contributed by atoms with E-state index in [-0.39, 0.29) is 5.91 Å². The lowest BCUT2D eigenvalue weighted by Gasteiger charge is -2.22. The molecule has 3 rings (SSSR count). The van der Waals surface area contributed by atoms with Gasteiger partial charge in [-0.05, 0) is 18.9 Å². The van der Waals surface area contributed by atoms with Gasteiger partial charge in [-0.25, -0.2) is 0 Å². The average Bonchev–Trinajstić information content (AvgIpc) is 2.97. The number of nitrogens with zero attached hydrogens (tertiary/aromatic N) is 3. The molecule has 2 aromatic rings. The summed E-state index contributed by atoms with van der Waals surface area (Å²) in [6.45, 7) is 1.47. The Morgan fingerprint density at radius 2 is 2.29 bits per heavy atom. The number of ether oxygens (including phenoxy) is 1. The fourth-order valence-electron chi connectivity index (χ4n) is 2.34. The predicted molar refractivity (Wildman–Crippen MR) is 74.7 cm³/mol. The summed E-state index contributed by atoms with van der Waals surface area (Å²) in [5.41, 5.74) is 0.930. The van der Waals surface area contributed by atoms with Crippen LogP contribution < -0.4 is 10.0 Å². The largest absolute Gasteiger partial charge is 0.619 e. The quantitative estimate of drug-likeness (QED) is 0.677. The van der Waals surface area contributed by atoms with Gasteiger partial charge in [0.2, 0.25) is 0 Å². The zero-order valence-electron chi connectivity index (χ0n) is 11.4. The van der Waals surface area contributed by atoms with Crippen LogP contribution in [0.25, 0.3) is 0 Å². The summed E-state index contributed by atoms with van der Waals surface area (Å²) in [6.07, 6.45) is 7.83. The summed E-state index contributed by atoms with van der Waals surface area (Å²) in [7, 11) is 0. The second-order valence-corrected chi connectivity index (χ2v) is 4.96. The van der Waals surface area contributed by atoms with Crippen molar-refractivity contribution in [3.8, 4) is 0 Å². The minimum absolute atomic E-state index is 0.310. The summed E-state index contributed by atoms with van der Waals surface area (Å²) in [5, 5.41) is 18.2. The predicted octanol–water partition coefficient (Wildman–Crippen LogP) is 1.12. The standard InChI is InChI=1S/C14H16N4O3/c19-14(11-2-1-5-17(20)9-11)16-12-8-15-18(10-12)13-3-6-21-7-4-13/h1-2,5,8-10,13H,3-4,6-7H2,(H,16,19). The molecule has 3 heterocycles. The number of hydrogen-bond acceptors (Lipinski definition) is 4. The highest BCUT2D eigenvalue weighted by Gasteiger charge is 2.17. The van der Waals surface area contributed by atoms with E-state index in [0.29, 0.717) is 22.0 Å². The fraction of sp³-hybridized carbons (Fsp3) is 0.357. The Balaban J connectivity index is 1.68. The van der Waals surface area contributed by atoms with Gasteiger partial charge < -0.3 is 15.3 Å². The number of carbonyl (C=O) groups is 1. The monoisotopic (exact) mass is 288 g/mol. The smallest absolute Gasteiger partial charge is 0.261 e. The van der Waals surface area contributed by atoms with Crippen molar-refractivity contribution in [1.82, 2.24) is 9.78 Å². The summed E-state index contributed by atoms with van der Waals surface area (Å²) < 4.78 is 7.77. The van der Waals surface area contributed by atoms with Crippen LogP contribution in [0.1, 0.15) is 29.2 Å². The maximum Gasteiger partial charge on any atom is 0.261 e. The molecule has 21 heavy (non-hydrogen) atoms. The van der Waals surface area contributed by atoms with Crippen molar-refractivity contribution in [1.29, 1.82) is 0 Å². The molecule has 0 radical (unpaired) electrons. The number of aromatic nitrogens is 3. The SMILES string of the molecule is O=C(Nc1cnn(C2CCOCC2)c1)c1ccc[n+]([O-])c1. The Morgan fingerprint density at radius 1 is 1.48 bits per heavy atom. The van der Waals surface area contributed by atoms with Crippen LogP contribution >= 0.6 is 0 Å². The van der Waals surface area contributed by atoms with Crippen LogP contribution in [0, 0.1) is 5.21 Å². The number of hydrogen-bond donors (Lipinski definition) is 1. The van der Waals surface area contributed by atoms with Gasteiger partial charge in [0.05, 0.1) is 17.9 Å². The molecule has 0 aromatic carbocycles. The molecule has 0 unspecified atom stereocenters. The first kappa shape index (κ1) is 13.6. The molecular weight excluding hydrogens is 272 g/mol. The molecule has 1 N–H and O–H groups in total. The lowest BCUT2D eigenvalue weighted by Crippen LogP contribution is -2.27. The average molecular weight is 288 g/mol. The molecule has 2 aromatic heterocycles. The Morgan fingerprint density at radius 3 is 3.05 bits per heavy atom. The molecule has 1 saturated heterocycles. The number of anilines is 1. The number of nitrogens with one attached hydrogen (secondary N) is 1. The van der Waals surface area contributed by atoms with E-state index in [2.05, 4.69) is 10.4 Å². The Kier molecular flexibility index (Phi) is 3.83. The van der Waals surface area contributed by atoms with Crippen molar-refractivity contribution < 1.29 is 14.3 Å². The first-order chi connectivity index (χ1) is 10.2. The van der Waals surface area contributed by atoms with Crippen molar-refractivity contribution in [3.63, 3.8) is 0 Å². The Bertz CT molecular complexity index is 635. The minimum atomic E-state index is -0.327. The number of pyridine rings is 1. The van der Waals surface area contributed by atoms with Crippen LogP contribution in [0.2, 0.25) is 0 Å². The van der Waals surface area contributed by atoms with Gasteiger partial charge >= 0.3 is 0 Å². The molecular formula is C14H16N4O3. The van der Waals surface area contributed by atoms with Gasteiger partial charge in [0.15, 0.2) is 12.4 Å². The van der Waals surface area contributed by atoms with Crippen molar-refractivity contribution >= 4 is 11.6 Å². The van der Waals surface area contributed by atoms with Crippen LogP contribution in [-0.2, 0) is 4.74 Å².